The minimum absolute atomic E-state index is 0.140. The molecule has 18 heavy (non-hydrogen) atoms. The van der Waals surface area contributed by atoms with Crippen molar-refractivity contribution < 1.29 is 17.2 Å². The van der Waals surface area contributed by atoms with Crippen LogP contribution in [0.4, 0.5) is 14.5 Å². The Bertz CT molecular complexity index is 660. The third-order valence-electron chi connectivity index (χ3n) is 2.04. The molecule has 1 aromatic carbocycles. The van der Waals surface area contributed by atoms with Crippen molar-refractivity contribution in [3.05, 3.63) is 54.4 Å². The predicted molar refractivity (Wildman–Crippen MR) is 60.2 cm³/mol. The molecule has 93 valence electrons. The minimum atomic E-state index is -4.11. The lowest BCUT2D eigenvalue weighted by Crippen LogP contribution is -2.14. The summed E-state index contributed by atoms with van der Waals surface area (Å²) in [5.41, 5.74) is 0.140. The minimum Gasteiger partial charge on any atom is -0.278 e. The first-order valence-corrected chi connectivity index (χ1v) is 6.26. The molecule has 2 aromatic rings. The zero-order valence-corrected chi connectivity index (χ0v) is 9.71. The van der Waals surface area contributed by atoms with Crippen LogP contribution < -0.4 is 4.72 Å². The van der Waals surface area contributed by atoms with E-state index in [1.165, 1.54) is 18.5 Å². The SMILES string of the molecule is O=S(=O)(Nc1c[c]cnc1)c1ccc(F)cc1F. The molecule has 0 aliphatic heterocycles. The molecular formula is C11H7F2N2O2S. The molecule has 0 saturated heterocycles. The predicted octanol–water partition coefficient (Wildman–Crippen LogP) is 1.96. The van der Waals surface area contributed by atoms with Gasteiger partial charge in [0.25, 0.3) is 10.0 Å². The summed E-state index contributed by atoms with van der Waals surface area (Å²) in [7, 11) is -4.11. The maximum absolute atomic E-state index is 13.4. The second-order valence-corrected chi connectivity index (χ2v) is 5.00. The number of aromatic nitrogens is 1. The molecular weight excluding hydrogens is 262 g/mol. The Hall–Kier alpha value is -2.02. The number of hydrogen-bond donors (Lipinski definition) is 1. The lowest BCUT2D eigenvalue weighted by atomic mass is 10.3. The third kappa shape index (κ3) is 2.62. The van der Waals surface area contributed by atoms with Crippen LogP contribution in [-0.2, 0) is 10.0 Å². The molecule has 1 aromatic heterocycles. The number of benzene rings is 1. The van der Waals surface area contributed by atoms with Crippen LogP contribution in [-0.4, -0.2) is 13.4 Å². The lowest BCUT2D eigenvalue weighted by Gasteiger charge is -2.08. The maximum Gasteiger partial charge on any atom is 0.264 e. The number of anilines is 1. The Kier molecular flexibility index (Phi) is 3.24. The van der Waals surface area contributed by atoms with Gasteiger partial charge in [0.15, 0.2) is 0 Å². The Labute approximate surface area is 102 Å². The summed E-state index contributed by atoms with van der Waals surface area (Å²) in [5, 5.41) is 0. The van der Waals surface area contributed by atoms with E-state index in [0.717, 1.165) is 12.1 Å². The Morgan fingerprint density at radius 3 is 2.67 bits per heavy atom. The van der Waals surface area contributed by atoms with E-state index < -0.39 is 26.6 Å². The average Bonchev–Trinajstić information content (AvgIpc) is 2.29. The van der Waals surface area contributed by atoms with Crippen molar-refractivity contribution in [3.8, 4) is 0 Å². The molecule has 0 unspecified atom stereocenters. The zero-order chi connectivity index (χ0) is 13.2. The molecule has 1 N–H and O–H groups in total. The summed E-state index contributed by atoms with van der Waals surface area (Å²) < 4.78 is 51.8. The fourth-order valence-electron chi connectivity index (χ4n) is 1.28. The Morgan fingerprint density at radius 2 is 2.06 bits per heavy atom. The van der Waals surface area contributed by atoms with E-state index in [2.05, 4.69) is 15.8 Å². The summed E-state index contributed by atoms with van der Waals surface area (Å²) in [5.74, 6) is -2.00. The lowest BCUT2D eigenvalue weighted by molar-refractivity contribution is 0.551. The van der Waals surface area contributed by atoms with E-state index in [0.29, 0.717) is 6.07 Å². The van der Waals surface area contributed by atoms with Crippen LogP contribution in [0.1, 0.15) is 0 Å². The monoisotopic (exact) mass is 269 g/mol. The normalized spacial score (nSPS) is 11.2. The van der Waals surface area contributed by atoms with Crippen LogP contribution in [0.5, 0.6) is 0 Å². The van der Waals surface area contributed by atoms with Gasteiger partial charge in [-0.2, -0.15) is 0 Å². The van der Waals surface area contributed by atoms with Gasteiger partial charge in [0.05, 0.1) is 11.9 Å². The zero-order valence-electron chi connectivity index (χ0n) is 8.89. The van der Waals surface area contributed by atoms with Gasteiger partial charge in [-0.15, -0.1) is 0 Å². The van der Waals surface area contributed by atoms with Gasteiger partial charge in [-0.1, -0.05) is 0 Å². The first kappa shape index (κ1) is 12.4. The van der Waals surface area contributed by atoms with Gasteiger partial charge in [-0.25, -0.2) is 17.2 Å². The second kappa shape index (κ2) is 4.69. The molecule has 0 saturated carbocycles. The first-order valence-electron chi connectivity index (χ1n) is 4.78. The molecule has 0 atom stereocenters. The number of hydrogen-bond acceptors (Lipinski definition) is 3. The van der Waals surface area contributed by atoms with Crippen LogP contribution in [0.15, 0.2) is 41.6 Å². The molecule has 2 rings (SSSR count). The smallest absolute Gasteiger partial charge is 0.264 e. The standard InChI is InChI=1S/C11H7F2N2O2S/c12-8-3-4-11(10(13)6-8)18(16,17)15-9-2-1-5-14-7-9/h2-7,15H. The summed E-state index contributed by atoms with van der Waals surface area (Å²) in [4.78, 5) is 3.03. The fraction of sp³-hybridized carbons (Fsp3) is 0. The molecule has 7 heteroatoms. The molecule has 0 aliphatic rings. The molecule has 0 bridgehead atoms. The average molecular weight is 269 g/mol. The van der Waals surface area contributed by atoms with Gasteiger partial charge < -0.3 is 0 Å². The molecule has 1 radical (unpaired) electrons. The van der Waals surface area contributed by atoms with Crippen molar-refractivity contribution in [1.29, 1.82) is 0 Å². The van der Waals surface area contributed by atoms with Gasteiger partial charge >= 0.3 is 0 Å². The summed E-state index contributed by atoms with van der Waals surface area (Å²) in [6.45, 7) is 0. The maximum atomic E-state index is 13.4. The third-order valence-corrected chi connectivity index (χ3v) is 3.45. The van der Waals surface area contributed by atoms with E-state index in [-0.39, 0.29) is 5.69 Å². The quantitative estimate of drug-likeness (QED) is 0.926. The van der Waals surface area contributed by atoms with Gasteiger partial charge in [0.1, 0.15) is 16.5 Å². The van der Waals surface area contributed by atoms with E-state index in [4.69, 9.17) is 0 Å². The van der Waals surface area contributed by atoms with Crippen molar-refractivity contribution in [3.63, 3.8) is 0 Å². The highest BCUT2D eigenvalue weighted by atomic mass is 32.2. The first-order chi connectivity index (χ1) is 8.49. The number of rotatable bonds is 3. The largest absolute Gasteiger partial charge is 0.278 e. The summed E-state index contributed by atoms with van der Waals surface area (Å²) in [6.07, 6.45) is 2.59. The topological polar surface area (TPSA) is 59.1 Å². The molecule has 0 spiro atoms. The Balaban J connectivity index is 2.37. The summed E-state index contributed by atoms with van der Waals surface area (Å²) in [6, 6.07) is 6.13. The number of nitrogens with one attached hydrogen (secondary N) is 1. The van der Waals surface area contributed by atoms with E-state index in [9.17, 15) is 17.2 Å². The van der Waals surface area contributed by atoms with Crippen molar-refractivity contribution in [2.75, 3.05) is 4.72 Å². The molecule has 4 nitrogen and oxygen atoms in total. The highest BCUT2D eigenvalue weighted by molar-refractivity contribution is 7.92. The van der Waals surface area contributed by atoms with E-state index in [1.807, 2.05) is 0 Å². The second-order valence-electron chi connectivity index (χ2n) is 3.35. The molecule has 0 amide bonds. The van der Waals surface area contributed by atoms with Crippen LogP contribution in [0.2, 0.25) is 0 Å². The van der Waals surface area contributed by atoms with Crippen LogP contribution >= 0.6 is 0 Å². The van der Waals surface area contributed by atoms with Crippen molar-refractivity contribution in [2.24, 2.45) is 0 Å². The van der Waals surface area contributed by atoms with E-state index in [1.54, 1.807) is 0 Å². The number of halogens is 2. The molecule has 0 aliphatic carbocycles. The van der Waals surface area contributed by atoms with Crippen molar-refractivity contribution >= 4 is 15.7 Å². The fourth-order valence-corrected chi connectivity index (χ4v) is 2.38. The number of nitrogens with zero attached hydrogens (tertiary/aromatic N) is 1. The highest BCUT2D eigenvalue weighted by Crippen LogP contribution is 2.18. The number of sulfonamides is 1. The number of pyridine rings is 1. The van der Waals surface area contributed by atoms with Gasteiger partial charge in [-0.3, -0.25) is 9.71 Å². The van der Waals surface area contributed by atoms with Gasteiger partial charge in [0, 0.05) is 18.3 Å². The molecule has 1 heterocycles. The Morgan fingerprint density at radius 1 is 1.28 bits per heavy atom. The van der Waals surface area contributed by atoms with Crippen LogP contribution in [0.25, 0.3) is 0 Å². The summed E-state index contributed by atoms with van der Waals surface area (Å²) >= 11 is 0. The van der Waals surface area contributed by atoms with Crippen molar-refractivity contribution in [1.82, 2.24) is 4.98 Å². The van der Waals surface area contributed by atoms with Gasteiger partial charge in [-0.05, 0) is 18.2 Å². The van der Waals surface area contributed by atoms with Crippen LogP contribution in [0, 0.1) is 17.7 Å². The van der Waals surface area contributed by atoms with Crippen molar-refractivity contribution in [2.45, 2.75) is 4.90 Å². The van der Waals surface area contributed by atoms with Crippen LogP contribution in [0.3, 0.4) is 0 Å². The molecule has 0 fully saturated rings. The van der Waals surface area contributed by atoms with E-state index >= 15 is 0 Å². The highest BCUT2D eigenvalue weighted by Gasteiger charge is 2.19. The van der Waals surface area contributed by atoms with Gasteiger partial charge in [0.2, 0.25) is 0 Å².